The average Bonchev–Trinajstić information content (AvgIpc) is 2.39. The zero-order valence-corrected chi connectivity index (χ0v) is 11.9. The zero-order valence-electron chi connectivity index (χ0n) is 11.1. The van der Waals surface area contributed by atoms with Crippen LogP contribution in [-0.4, -0.2) is 5.11 Å². The molecule has 0 saturated carbocycles. The van der Waals surface area contributed by atoms with Gasteiger partial charge in [-0.1, -0.05) is 41.9 Å². The second kappa shape index (κ2) is 6.09. The molecule has 2 nitrogen and oxygen atoms in total. The van der Waals surface area contributed by atoms with Crippen LogP contribution in [0.2, 0.25) is 5.02 Å². The molecular formula is C16H18ClNO. The van der Waals surface area contributed by atoms with Gasteiger partial charge in [-0.2, -0.15) is 0 Å². The fourth-order valence-corrected chi connectivity index (χ4v) is 2.28. The Labute approximate surface area is 119 Å². The molecule has 19 heavy (non-hydrogen) atoms. The van der Waals surface area contributed by atoms with E-state index in [1.807, 2.05) is 48.5 Å². The molecule has 0 heterocycles. The number of nitrogens with one attached hydrogen (secondary N) is 1. The first-order chi connectivity index (χ1) is 9.08. The largest absolute Gasteiger partial charge is 0.389 e. The summed E-state index contributed by atoms with van der Waals surface area (Å²) in [6.07, 6.45) is -0.490. The third kappa shape index (κ3) is 3.49. The average molecular weight is 276 g/mol. The molecule has 3 heteroatoms. The second-order valence-corrected chi connectivity index (χ2v) is 5.12. The third-order valence-corrected chi connectivity index (χ3v) is 3.37. The molecule has 0 aliphatic rings. The van der Waals surface area contributed by atoms with Crippen LogP contribution in [0.5, 0.6) is 0 Å². The molecule has 0 aliphatic carbocycles. The summed E-state index contributed by atoms with van der Waals surface area (Å²) in [5.41, 5.74) is 2.97. The molecule has 2 N–H and O–H groups in total. The Kier molecular flexibility index (Phi) is 4.46. The van der Waals surface area contributed by atoms with Crippen molar-refractivity contribution in [1.29, 1.82) is 0 Å². The Morgan fingerprint density at radius 3 is 2.47 bits per heavy atom. The van der Waals surface area contributed by atoms with Crippen molar-refractivity contribution >= 4 is 17.3 Å². The lowest BCUT2D eigenvalue weighted by Gasteiger charge is -2.19. The monoisotopic (exact) mass is 275 g/mol. The van der Waals surface area contributed by atoms with Gasteiger partial charge in [0, 0.05) is 22.3 Å². The van der Waals surface area contributed by atoms with Gasteiger partial charge in [0.25, 0.3) is 0 Å². The summed E-state index contributed by atoms with van der Waals surface area (Å²) >= 11 is 6.01. The molecule has 0 saturated heterocycles. The Balaban J connectivity index is 2.22. The molecule has 100 valence electrons. The first-order valence-electron chi connectivity index (χ1n) is 6.37. The van der Waals surface area contributed by atoms with Gasteiger partial charge in [-0.25, -0.2) is 0 Å². The number of rotatable bonds is 4. The molecular weight excluding hydrogens is 258 g/mol. The summed E-state index contributed by atoms with van der Waals surface area (Å²) in [4.78, 5) is 0. The van der Waals surface area contributed by atoms with Crippen LogP contribution < -0.4 is 5.32 Å². The zero-order chi connectivity index (χ0) is 13.8. The van der Waals surface area contributed by atoms with Crippen LogP contribution in [0.15, 0.2) is 48.5 Å². The predicted octanol–water partition coefficient (Wildman–Crippen LogP) is 4.57. The summed E-state index contributed by atoms with van der Waals surface area (Å²) < 4.78 is 0. The lowest BCUT2D eigenvalue weighted by molar-refractivity contribution is 0.200. The van der Waals surface area contributed by atoms with Crippen molar-refractivity contribution in [2.45, 2.75) is 26.0 Å². The second-order valence-electron chi connectivity index (χ2n) is 4.68. The number of para-hydroxylation sites is 1. The highest BCUT2D eigenvalue weighted by Crippen LogP contribution is 2.27. The van der Waals surface area contributed by atoms with Crippen LogP contribution in [-0.2, 0) is 0 Å². The van der Waals surface area contributed by atoms with Crippen molar-refractivity contribution in [1.82, 2.24) is 0 Å². The van der Waals surface area contributed by atoms with Gasteiger partial charge in [0.1, 0.15) is 0 Å². The van der Waals surface area contributed by atoms with Gasteiger partial charge in [0.15, 0.2) is 0 Å². The fourth-order valence-electron chi connectivity index (χ4n) is 2.09. The predicted molar refractivity (Wildman–Crippen MR) is 80.6 cm³/mol. The van der Waals surface area contributed by atoms with Crippen molar-refractivity contribution in [2.24, 2.45) is 0 Å². The maximum atomic E-state index is 9.77. The van der Waals surface area contributed by atoms with Gasteiger partial charge in [-0.3, -0.25) is 0 Å². The number of anilines is 1. The van der Waals surface area contributed by atoms with E-state index in [-0.39, 0.29) is 6.04 Å². The van der Waals surface area contributed by atoms with Crippen molar-refractivity contribution < 1.29 is 5.11 Å². The van der Waals surface area contributed by atoms with Gasteiger partial charge < -0.3 is 10.4 Å². The summed E-state index contributed by atoms with van der Waals surface area (Å²) in [5.74, 6) is 0. The van der Waals surface area contributed by atoms with Gasteiger partial charge in [-0.05, 0) is 37.6 Å². The lowest BCUT2D eigenvalue weighted by atomic mass is 10.1. The molecule has 0 radical (unpaired) electrons. The van der Waals surface area contributed by atoms with E-state index < -0.39 is 6.10 Å². The van der Waals surface area contributed by atoms with Crippen molar-refractivity contribution in [2.75, 3.05) is 5.32 Å². The summed E-state index contributed by atoms with van der Waals surface area (Å²) in [6.45, 7) is 3.84. The van der Waals surface area contributed by atoms with E-state index in [1.54, 1.807) is 6.92 Å². The van der Waals surface area contributed by atoms with Crippen molar-refractivity contribution in [3.8, 4) is 0 Å². The van der Waals surface area contributed by atoms with Crippen LogP contribution in [0.4, 0.5) is 5.69 Å². The van der Waals surface area contributed by atoms with Crippen LogP contribution in [0.25, 0.3) is 0 Å². The maximum absolute atomic E-state index is 9.77. The van der Waals surface area contributed by atoms with Crippen LogP contribution in [0.3, 0.4) is 0 Å². The van der Waals surface area contributed by atoms with E-state index in [0.29, 0.717) is 0 Å². The molecule has 0 aromatic heterocycles. The smallest absolute Gasteiger partial charge is 0.0781 e. The van der Waals surface area contributed by atoms with E-state index >= 15 is 0 Å². The van der Waals surface area contributed by atoms with E-state index in [1.165, 1.54) is 0 Å². The summed E-state index contributed by atoms with van der Waals surface area (Å²) in [5, 5.41) is 13.9. The number of aliphatic hydroxyl groups excluding tert-OH is 1. The van der Waals surface area contributed by atoms with Crippen LogP contribution in [0.1, 0.15) is 37.1 Å². The lowest BCUT2D eigenvalue weighted by Crippen LogP contribution is -2.09. The van der Waals surface area contributed by atoms with Gasteiger partial charge in [0.2, 0.25) is 0 Å². The minimum atomic E-state index is -0.490. The van der Waals surface area contributed by atoms with Gasteiger partial charge in [-0.15, -0.1) is 0 Å². The molecule has 0 aliphatic heterocycles. The van der Waals surface area contributed by atoms with E-state index in [0.717, 1.165) is 21.8 Å². The molecule has 2 aromatic carbocycles. The summed E-state index contributed by atoms with van der Waals surface area (Å²) in [6, 6.07) is 15.7. The fraction of sp³-hybridized carbons (Fsp3) is 0.250. The Morgan fingerprint density at radius 1 is 1.05 bits per heavy atom. The van der Waals surface area contributed by atoms with E-state index in [2.05, 4.69) is 12.2 Å². The minimum Gasteiger partial charge on any atom is -0.389 e. The first-order valence-corrected chi connectivity index (χ1v) is 6.74. The molecule has 2 atom stereocenters. The summed E-state index contributed by atoms with van der Waals surface area (Å²) in [7, 11) is 0. The number of hydrogen-bond acceptors (Lipinski definition) is 2. The van der Waals surface area contributed by atoms with E-state index in [4.69, 9.17) is 11.6 Å². The topological polar surface area (TPSA) is 32.3 Å². The Bertz CT molecular complexity index is 554. The highest BCUT2D eigenvalue weighted by molar-refractivity contribution is 6.30. The number of halogens is 1. The number of hydrogen-bond donors (Lipinski definition) is 2. The molecule has 2 unspecified atom stereocenters. The molecule has 0 bridgehead atoms. The van der Waals surface area contributed by atoms with Gasteiger partial charge >= 0.3 is 0 Å². The van der Waals surface area contributed by atoms with Crippen LogP contribution in [0, 0.1) is 0 Å². The quantitative estimate of drug-likeness (QED) is 0.857. The SMILES string of the molecule is CC(O)c1ccccc1NC(C)c1cccc(Cl)c1. The minimum absolute atomic E-state index is 0.124. The van der Waals surface area contributed by atoms with E-state index in [9.17, 15) is 5.11 Å². The highest BCUT2D eigenvalue weighted by atomic mass is 35.5. The normalized spacial score (nSPS) is 13.9. The Morgan fingerprint density at radius 2 is 1.79 bits per heavy atom. The van der Waals surface area contributed by atoms with Crippen LogP contribution >= 0.6 is 11.6 Å². The first kappa shape index (κ1) is 13.9. The molecule has 0 spiro atoms. The molecule has 0 amide bonds. The molecule has 2 aromatic rings. The van der Waals surface area contributed by atoms with Gasteiger partial charge in [0.05, 0.1) is 6.10 Å². The maximum Gasteiger partial charge on any atom is 0.0781 e. The number of aliphatic hydroxyl groups is 1. The molecule has 0 fully saturated rings. The highest BCUT2D eigenvalue weighted by Gasteiger charge is 2.11. The third-order valence-electron chi connectivity index (χ3n) is 3.13. The van der Waals surface area contributed by atoms with Crippen molar-refractivity contribution in [3.63, 3.8) is 0 Å². The standard InChI is InChI=1S/C16H18ClNO/c1-11(13-6-5-7-14(17)10-13)18-16-9-4-3-8-15(16)12(2)19/h3-12,18-19H,1-2H3. The number of benzene rings is 2. The Hall–Kier alpha value is -1.51. The molecule has 2 rings (SSSR count). The van der Waals surface area contributed by atoms with Crippen molar-refractivity contribution in [3.05, 3.63) is 64.7 Å².